The molecular formula is C12H18BrNO. The van der Waals surface area contributed by atoms with Gasteiger partial charge in [0.15, 0.2) is 0 Å². The van der Waals surface area contributed by atoms with Gasteiger partial charge in [-0.3, -0.25) is 0 Å². The van der Waals surface area contributed by atoms with E-state index in [1.165, 1.54) is 11.1 Å². The number of aryl methyl sites for hydroxylation is 1. The fourth-order valence-corrected chi connectivity index (χ4v) is 1.82. The van der Waals surface area contributed by atoms with Crippen LogP contribution in [0.25, 0.3) is 0 Å². The molecule has 2 N–H and O–H groups in total. The molecule has 1 aromatic carbocycles. The Morgan fingerprint density at radius 3 is 2.87 bits per heavy atom. The summed E-state index contributed by atoms with van der Waals surface area (Å²) in [5.41, 5.74) is 2.64. The van der Waals surface area contributed by atoms with Crippen LogP contribution in [0.4, 0.5) is 0 Å². The van der Waals surface area contributed by atoms with E-state index in [-0.39, 0.29) is 6.61 Å². The van der Waals surface area contributed by atoms with Crippen molar-refractivity contribution in [1.82, 2.24) is 5.32 Å². The summed E-state index contributed by atoms with van der Waals surface area (Å²) in [4.78, 5) is 0. The zero-order chi connectivity index (χ0) is 11.1. The largest absolute Gasteiger partial charge is 0.396 e. The molecule has 0 heterocycles. The quantitative estimate of drug-likeness (QED) is 0.780. The molecular weight excluding hydrogens is 254 g/mol. The summed E-state index contributed by atoms with van der Waals surface area (Å²) in [7, 11) is 0. The predicted molar refractivity (Wildman–Crippen MR) is 66.9 cm³/mol. The third kappa shape index (κ3) is 4.78. The molecule has 0 saturated heterocycles. The molecule has 0 spiro atoms. The van der Waals surface area contributed by atoms with Crippen LogP contribution in [0.3, 0.4) is 0 Å². The zero-order valence-electron chi connectivity index (χ0n) is 9.09. The second-order valence-corrected chi connectivity index (χ2v) is 4.59. The molecule has 0 radical (unpaired) electrons. The molecule has 84 valence electrons. The van der Waals surface area contributed by atoms with E-state index in [4.69, 9.17) is 5.11 Å². The number of aliphatic hydroxyl groups is 1. The van der Waals surface area contributed by atoms with E-state index in [0.29, 0.717) is 0 Å². The Morgan fingerprint density at radius 2 is 2.13 bits per heavy atom. The minimum Gasteiger partial charge on any atom is -0.396 e. The molecule has 0 unspecified atom stereocenters. The van der Waals surface area contributed by atoms with E-state index in [0.717, 1.165) is 30.4 Å². The number of benzene rings is 1. The van der Waals surface area contributed by atoms with E-state index < -0.39 is 0 Å². The van der Waals surface area contributed by atoms with Gasteiger partial charge in [0.2, 0.25) is 0 Å². The summed E-state index contributed by atoms with van der Waals surface area (Å²) >= 11 is 3.47. The third-order valence-corrected chi connectivity index (χ3v) is 2.88. The van der Waals surface area contributed by atoms with Crippen LogP contribution in [-0.2, 0) is 6.54 Å². The molecule has 2 nitrogen and oxygen atoms in total. The highest BCUT2D eigenvalue weighted by molar-refractivity contribution is 9.10. The second-order valence-electron chi connectivity index (χ2n) is 3.68. The molecule has 0 bridgehead atoms. The smallest absolute Gasteiger partial charge is 0.0431 e. The Kier molecular flexibility index (Phi) is 5.91. The Bertz CT molecular complexity index is 302. The van der Waals surface area contributed by atoms with Crippen LogP contribution in [0.2, 0.25) is 0 Å². The van der Waals surface area contributed by atoms with Gasteiger partial charge in [-0.25, -0.2) is 0 Å². The van der Waals surface area contributed by atoms with Crippen LogP contribution >= 0.6 is 15.9 Å². The summed E-state index contributed by atoms with van der Waals surface area (Å²) in [6.07, 6.45) is 1.91. The lowest BCUT2D eigenvalue weighted by Crippen LogP contribution is -2.15. The Balaban J connectivity index is 2.33. The van der Waals surface area contributed by atoms with Gasteiger partial charge in [0.25, 0.3) is 0 Å². The van der Waals surface area contributed by atoms with Crippen LogP contribution in [0.5, 0.6) is 0 Å². The number of aliphatic hydroxyl groups excluding tert-OH is 1. The number of unbranched alkanes of at least 4 members (excludes halogenated alkanes) is 1. The number of rotatable bonds is 6. The summed E-state index contributed by atoms with van der Waals surface area (Å²) in [5.74, 6) is 0. The Labute approximate surface area is 99.8 Å². The summed E-state index contributed by atoms with van der Waals surface area (Å²) in [6.45, 7) is 4.28. The average molecular weight is 272 g/mol. The molecule has 3 heteroatoms. The fraction of sp³-hybridized carbons (Fsp3) is 0.500. The van der Waals surface area contributed by atoms with Gasteiger partial charge in [-0.05, 0) is 49.6 Å². The van der Waals surface area contributed by atoms with Crippen LogP contribution in [0.15, 0.2) is 22.7 Å². The van der Waals surface area contributed by atoms with Crippen molar-refractivity contribution in [2.45, 2.75) is 26.3 Å². The minimum atomic E-state index is 0.289. The van der Waals surface area contributed by atoms with Gasteiger partial charge in [0.05, 0.1) is 0 Å². The number of hydrogen-bond acceptors (Lipinski definition) is 2. The lowest BCUT2D eigenvalue weighted by atomic mass is 10.1. The van der Waals surface area contributed by atoms with Gasteiger partial charge in [-0.1, -0.05) is 22.0 Å². The Morgan fingerprint density at radius 1 is 1.33 bits per heavy atom. The van der Waals surface area contributed by atoms with Crippen LogP contribution in [0.1, 0.15) is 24.0 Å². The van der Waals surface area contributed by atoms with Crippen molar-refractivity contribution < 1.29 is 5.11 Å². The highest BCUT2D eigenvalue weighted by Crippen LogP contribution is 2.15. The average Bonchev–Trinajstić information content (AvgIpc) is 2.23. The molecule has 1 rings (SSSR count). The van der Waals surface area contributed by atoms with Crippen molar-refractivity contribution in [3.63, 3.8) is 0 Å². The molecule has 0 fully saturated rings. The normalized spacial score (nSPS) is 10.6. The molecule has 15 heavy (non-hydrogen) atoms. The molecule has 1 aromatic rings. The molecule has 0 aliphatic rings. The van der Waals surface area contributed by atoms with Crippen molar-refractivity contribution in [3.05, 3.63) is 33.8 Å². The second kappa shape index (κ2) is 6.99. The lowest BCUT2D eigenvalue weighted by molar-refractivity contribution is 0.283. The standard InChI is InChI=1S/C12H18BrNO/c1-10-4-5-12(13)8-11(10)9-14-6-2-3-7-15/h4-5,8,14-15H,2-3,6-7,9H2,1H3. The first-order valence-electron chi connectivity index (χ1n) is 5.30. The maximum Gasteiger partial charge on any atom is 0.0431 e. The lowest BCUT2D eigenvalue weighted by Gasteiger charge is -2.08. The molecule has 0 atom stereocenters. The van der Waals surface area contributed by atoms with Gasteiger partial charge < -0.3 is 10.4 Å². The summed E-state index contributed by atoms with van der Waals surface area (Å²) < 4.78 is 1.13. The predicted octanol–water partition coefficient (Wildman–Crippen LogP) is 2.62. The van der Waals surface area contributed by atoms with Crippen LogP contribution in [-0.4, -0.2) is 18.3 Å². The Hall–Kier alpha value is -0.380. The van der Waals surface area contributed by atoms with Crippen molar-refractivity contribution in [3.8, 4) is 0 Å². The minimum absolute atomic E-state index is 0.289. The molecule has 0 amide bonds. The van der Waals surface area contributed by atoms with E-state index in [9.17, 15) is 0 Å². The molecule has 0 saturated carbocycles. The molecule has 0 aliphatic heterocycles. The SMILES string of the molecule is Cc1ccc(Br)cc1CNCCCCO. The maximum absolute atomic E-state index is 8.63. The van der Waals surface area contributed by atoms with Gasteiger partial charge >= 0.3 is 0 Å². The highest BCUT2D eigenvalue weighted by atomic mass is 79.9. The van der Waals surface area contributed by atoms with Gasteiger partial charge in [0.1, 0.15) is 0 Å². The van der Waals surface area contributed by atoms with Gasteiger partial charge in [-0.15, -0.1) is 0 Å². The number of hydrogen-bond donors (Lipinski definition) is 2. The summed E-state index contributed by atoms with van der Waals surface area (Å²) in [6, 6.07) is 6.33. The monoisotopic (exact) mass is 271 g/mol. The zero-order valence-corrected chi connectivity index (χ0v) is 10.7. The third-order valence-electron chi connectivity index (χ3n) is 2.39. The van der Waals surface area contributed by atoms with Crippen molar-refractivity contribution in [2.75, 3.05) is 13.2 Å². The van der Waals surface area contributed by atoms with Crippen LogP contribution in [0, 0.1) is 6.92 Å². The molecule has 0 aromatic heterocycles. The highest BCUT2D eigenvalue weighted by Gasteiger charge is 1.98. The van der Waals surface area contributed by atoms with Crippen molar-refractivity contribution >= 4 is 15.9 Å². The first-order valence-corrected chi connectivity index (χ1v) is 6.10. The maximum atomic E-state index is 8.63. The van der Waals surface area contributed by atoms with Crippen molar-refractivity contribution in [2.24, 2.45) is 0 Å². The number of halogens is 1. The van der Waals surface area contributed by atoms with Gasteiger partial charge in [0, 0.05) is 17.6 Å². The van der Waals surface area contributed by atoms with E-state index in [2.05, 4.69) is 46.4 Å². The van der Waals surface area contributed by atoms with E-state index in [1.54, 1.807) is 0 Å². The van der Waals surface area contributed by atoms with Crippen LogP contribution < -0.4 is 5.32 Å². The summed E-state index contributed by atoms with van der Waals surface area (Å²) in [5, 5.41) is 12.0. The number of nitrogens with one attached hydrogen (secondary N) is 1. The fourth-order valence-electron chi connectivity index (χ4n) is 1.42. The van der Waals surface area contributed by atoms with E-state index >= 15 is 0 Å². The first kappa shape index (κ1) is 12.7. The first-order chi connectivity index (χ1) is 7.24. The topological polar surface area (TPSA) is 32.3 Å². The van der Waals surface area contributed by atoms with Crippen molar-refractivity contribution in [1.29, 1.82) is 0 Å². The molecule has 0 aliphatic carbocycles. The van der Waals surface area contributed by atoms with Gasteiger partial charge in [-0.2, -0.15) is 0 Å². The van der Waals surface area contributed by atoms with E-state index in [1.807, 2.05) is 0 Å².